The molecule has 3 aromatic rings. The van der Waals surface area contributed by atoms with E-state index in [9.17, 15) is 0 Å². The number of nitrogens with zero attached hydrogens (tertiary/aromatic N) is 4. The Morgan fingerprint density at radius 3 is 2.50 bits per heavy atom. The van der Waals surface area contributed by atoms with Crippen LogP contribution in [0.1, 0.15) is 5.56 Å². The molecule has 0 atom stereocenters. The highest BCUT2D eigenvalue weighted by Crippen LogP contribution is 2.44. The van der Waals surface area contributed by atoms with Gasteiger partial charge in [0, 0.05) is 0 Å². The third-order valence-electron chi connectivity index (χ3n) is 3.56. The van der Waals surface area contributed by atoms with Gasteiger partial charge in [-0.15, -0.1) is 0 Å². The zero-order chi connectivity index (χ0) is 17.3. The van der Waals surface area contributed by atoms with Crippen molar-refractivity contribution in [1.29, 1.82) is 0 Å². The van der Waals surface area contributed by atoms with Crippen LogP contribution in [0.5, 0.6) is 17.2 Å². The Hall–Kier alpha value is -2.55. The van der Waals surface area contributed by atoms with E-state index in [4.69, 9.17) is 19.9 Å². The van der Waals surface area contributed by atoms with E-state index < -0.39 is 0 Å². The van der Waals surface area contributed by atoms with Gasteiger partial charge in [0.2, 0.25) is 5.75 Å². The summed E-state index contributed by atoms with van der Waals surface area (Å²) in [4.78, 5) is 8.11. The highest BCUT2D eigenvalue weighted by atomic mass is 79.9. The van der Waals surface area contributed by atoms with Gasteiger partial charge in [0.05, 0.1) is 38.5 Å². The highest BCUT2D eigenvalue weighted by molar-refractivity contribution is 9.10. The van der Waals surface area contributed by atoms with E-state index in [1.165, 1.54) is 6.33 Å². The van der Waals surface area contributed by atoms with Gasteiger partial charge in [-0.2, -0.15) is 5.10 Å². The Morgan fingerprint density at radius 1 is 1.12 bits per heavy atom. The molecule has 0 saturated heterocycles. The molecule has 0 aliphatic rings. The van der Waals surface area contributed by atoms with E-state index >= 15 is 0 Å². The Labute approximate surface area is 146 Å². The van der Waals surface area contributed by atoms with Crippen molar-refractivity contribution in [2.24, 2.45) is 0 Å². The molecule has 2 N–H and O–H groups in total. The van der Waals surface area contributed by atoms with Gasteiger partial charge in [-0.25, -0.2) is 9.97 Å². The fourth-order valence-electron chi connectivity index (χ4n) is 2.44. The summed E-state index contributed by atoms with van der Waals surface area (Å²) in [6, 6.07) is 1.87. The maximum Gasteiger partial charge on any atom is 0.204 e. The summed E-state index contributed by atoms with van der Waals surface area (Å²) in [5.41, 5.74) is 7.99. The van der Waals surface area contributed by atoms with E-state index in [0.717, 1.165) is 10.0 Å². The van der Waals surface area contributed by atoms with Crippen LogP contribution in [0, 0.1) is 0 Å². The van der Waals surface area contributed by atoms with Crippen LogP contribution in [0.3, 0.4) is 0 Å². The van der Waals surface area contributed by atoms with Crippen molar-refractivity contribution in [1.82, 2.24) is 19.7 Å². The van der Waals surface area contributed by atoms with Crippen LogP contribution in [0.4, 0.5) is 5.82 Å². The normalized spacial score (nSPS) is 10.8. The first-order valence-electron chi connectivity index (χ1n) is 7.00. The Morgan fingerprint density at radius 2 is 1.88 bits per heavy atom. The number of nitrogen functional groups attached to an aromatic ring is 1. The molecule has 0 fully saturated rings. The molecule has 0 aliphatic carbocycles. The number of halogens is 1. The second-order valence-electron chi connectivity index (χ2n) is 4.94. The lowest BCUT2D eigenvalue weighted by Crippen LogP contribution is -2.04. The SMILES string of the molecule is COc1cc(Cn2cc3ncnc(N)c3n2)c(Br)c(OC)c1OC. The molecule has 0 bridgehead atoms. The van der Waals surface area contributed by atoms with E-state index in [1.54, 1.807) is 26.0 Å². The summed E-state index contributed by atoms with van der Waals surface area (Å²) in [6.45, 7) is 0.465. The molecule has 9 heteroatoms. The zero-order valence-electron chi connectivity index (χ0n) is 13.4. The molecule has 1 aromatic carbocycles. The summed E-state index contributed by atoms with van der Waals surface area (Å²) in [5.74, 6) is 2.01. The predicted molar refractivity (Wildman–Crippen MR) is 92.6 cm³/mol. The fourth-order valence-corrected chi connectivity index (χ4v) is 3.03. The molecular weight excluding hydrogens is 378 g/mol. The molecular formula is C15H16BrN5O3. The number of hydrogen-bond acceptors (Lipinski definition) is 7. The molecule has 126 valence electrons. The number of anilines is 1. The highest BCUT2D eigenvalue weighted by Gasteiger charge is 2.19. The lowest BCUT2D eigenvalue weighted by atomic mass is 10.2. The van der Waals surface area contributed by atoms with Crippen LogP contribution < -0.4 is 19.9 Å². The molecule has 3 rings (SSSR count). The van der Waals surface area contributed by atoms with Crippen LogP contribution in [-0.2, 0) is 6.54 Å². The zero-order valence-corrected chi connectivity index (χ0v) is 15.0. The van der Waals surface area contributed by atoms with Gasteiger partial charge in [0.25, 0.3) is 0 Å². The summed E-state index contributed by atoms with van der Waals surface area (Å²) in [5, 5.41) is 4.44. The molecule has 0 spiro atoms. The molecule has 0 aliphatic heterocycles. The number of nitrogens with two attached hydrogens (primary N) is 1. The van der Waals surface area contributed by atoms with Gasteiger partial charge in [0.1, 0.15) is 11.8 Å². The Bertz CT molecular complexity index is 896. The summed E-state index contributed by atoms with van der Waals surface area (Å²) in [7, 11) is 4.71. The third kappa shape index (κ3) is 2.71. The quantitative estimate of drug-likeness (QED) is 0.709. The van der Waals surface area contributed by atoms with Crippen LogP contribution in [0.2, 0.25) is 0 Å². The number of aromatic nitrogens is 4. The molecule has 0 saturated carbocycles. The molecule has 8 nitrogen and oxygen atoms in total. The number of rotatable bonds is 5. The molecule has 0 radical (unpaired) electrons. The van der Waals surface area contributed by atoms with Crippen molar-refractivity contribution in [2.75, 3.05) is 27.1 Å². The lowest BCUT2D eigenvalue weighted by molar-refractivity contribution is 0.322. The van der Waals surface area contributed by atoms with Crippen molar-refractivity contribution < 1.29 is 14.2 Å². The molecule has 2 aromatic heterocycles. The van der Waals surface area contributed by atoms with Crippen molar-refractivity contribution in [2.45, 2.75) is 6.54 Å². The number of benzene rings is 1. The molecule has 0 unspecified atom stereocenters. The second-order valence-corrected chi connectivity index (χ2v) is 5.73. The number of ether oxygens (including phenoxy) is 3. The minimum absolute atomic E-state index is 0.350. The summed E-state index contributed by atoms with van der Waals surface area (Å²) < 4.78 is 18.7. The van der Waals surface area contributed by atoms with E-state index in [0.29, 0.717) is 40.6 Å². The average Bonchev–Trinajstić information content (AvgIpc) is 3.00. The van der Waals surface area contributed by atoms with Crippen LogP contribution >= 0.6 is 15.9 Å². The molecule has 0 amide bonds. The predicted octanol–water partition coefficient (Wildman–Crippen LogP) is 2.25. The maximum absolute atomic E-state index is 5.83. The van der Waals surface area contributed by atoms with Gasteiger partial charge < -0.3 is 19.9 Å². The van der Waals surface area contributed by atoms with Gasteiger partial charge in [-0.3, -0.25) is 4.68 Å². The third-order valence-corrected chi connectivity index (χ3v) is 4.43. The molecule has 2 heterocycles. The Balaban J connectivity index is 2.06. The first-order chi connectivity index (χ1) is 11.6. The minimum atomic E-state index is 0.350. The smallest absolute Gasteiger partial charge is 0.204 e. The van der Waals surface area contributed by atoms with E-state index in [-0.39, 0.29) is 0 Å². The van der Waals surface area contributed by atoms with Crippen molar-refractivity contribution in [3.63, 3.8) is 0 Å². The van der Waals surface area contributed by atoms with Gasteiger partial charge in [-0.05, 0) is 27.6 Å². The van der Waals surface area contributed by atoms with Gasteiger partial charge in [-0.1, -0.05) is 0 Å². The first kappa shape index (κ1) is 16.3. The van der Waals surface area contributed by atoms with Crippen LogP contribution in [-0.4, -0.2) is 41.1 Å². The van der Waals surface area contributed by atoms with Crippen molar-refractivity contribution >= 4 is 32.8 Å². The molecule has 24 heavy (non-hydrogen) atoms. The van der Waals surface area contributed by atoms with E-state index in [1.807, 2.05) is 12.3 Å². The topological polar surface area (TPSA) is 97.3 Å². The largest absolute Gasteiger partial charge is 0.493 e. The summed E-state index contributed by atoms with van der Waals surface area (Å²) >= 11 is 3.56. The fraction of sp³-hybridized carbons (Fsp3) is 0.267. The standard InChI is InChI=1S/C15H16BrN5O3/c1-22-10-4-8(11(16)14(24-3)13(10)23-2)5-21-6-9-12(20-21)15(17)19-7-18-9/h4,6-7H,5H2,1-3H3,(H2,17,18,19). The monoisotopic (exact) mass is 393 g/mol. The van der Waals surface area contributed by atoms with Crippen LogP contribution in [0.15, 0.2) is 23.1 Å². The van der Waals surface area contributed by atoms with Crippen LogP contribution in [0.25, 0.3) is 11.0 Å². The number of hydrogen-bond donors (Lipinski definition) is 1. The second kappa shape index (κ2) is 6.52. The van der Waals surface area contributed by atoms with Gasteiger partial charge >= 0.3 is 0 Å². The average molecular weight is 394 g/mol. The maximum atomic E-state index is 5.83. The summed E-state index contributed by atoms with van der Waals surface area (Å²) in [6.07, 6.45) is 3.22. The lowest BCUT2D eigenvalue weighted by Gasteiger charge is -2.16. The van der Waals surface area contributed by atoms with Crippen molar-refractivity contribution in [3.8, 4) is 17.2 Å². The van der Waals surface area contributed by atoms with Gasteiger partial charge in [0.15, 0.2) is 22.8 Å². The number of methoxy groups -OCH3 is 3. The number of fused-ring (bicyclic) bond motifs is 1. The van der Waals surface area contributed by atoms with Crippen molar-refractivity contribution in [3.05, 3.63) is 28.6 Å². The first-order valence-corrected chi connectivity index (χ1v) is 7.79. The Kier molecular flexibility index (Phi) is 4.43. The van der Waals surface area contributed by atoms with E-state index in [2.05, 4.69) is 31.0 Å². The minimum Gasteiger partial charge on any atom is -0.493 e.